The van der Waals surface area contributed by atoms with Crippen LogP contribution in [0, 0.1) is 5.92 Å². The molecular weight excluding hydrogens is 373 g/mol. The van der Waals surface area contributed by atoms with E-state index < -0.39 is 7.81 Å². The van der Waals surface area contributed by atoms with E-state index in [9.17, 15) is 25.2 Å². The van der Waals surface area contributed by atoms with Gasteiger partial charge in [-0.25, -0.2) is 0 Å². The van der Waals surface area contributed by atoms with Crippen LogP contribution in [0.25, 0.3) is 0 Å². The Morgan fingerprint density at radius 1 is 0.423 bits per heavy atom. The summed E-state index contributed by atoms with van der Waals surface area (Å²) in [6.07, 6.45) is 0. The van der Waals surface area contributed by atoms with E-state index >= 15 is 0 Å². The molecule has 0 saturated carbocycles. The van der Waals surface area contributed by atoms with Gasteiger partial charge in [0.05, 0.1) is 22.6 Å². The smallest absolute Gasteiger partial charge is 0.0511 e. The second-order valence-electron chi connectivity index (χ2n) is 5.43. The maximum Gasteiger partial charge on any atom is 0.0631 e. The molecule has 0 N–H and O–H groups in total. The van der Waals surface area contributed by atoms with Gasteiger partial charge in [0.1, 0.15) is 0 Å². The third-order valence-corrected chi connectivity index (χ3v) is 3.19. The van der Waals surface area contributed by atoms with Gasteiger partial charge in [-0.1, -0.05) is 18.2 Å². The summed E-state index contributed by atoms with van der Waals surface area (Å²) in [6.45, 7) is 0. The van der Waals surface area contributed by atoms with Gasteiger partial charge in [-0.3, -0.25) is 0 Å². The third kappa shape index (κ3) is 8.08. The van der Waals surface area contributed by atoms with Crippen molar-refractivity contribution >= 4 is 7.81 Å². The molecule has 0 atom stereocenters. The van der Waals surface area contributed by atoms with Crippen molar-refractivity contribution in [2.45, 2.75) is 0 Å². The van der Waals surface area contributed by atoms with Crippen molar-refractivity contribution in [2.75, 3.05) is 0 Å². The normalized spacial score (nSPS) is 13.6. The van der Waals surface area contributed by atoms with Crippen molar-refractivity contribution in [2.24, 2.45) is 0 Å². The van der Waals surface area contributed by atoms with E-state index in [1.807, 2.05) is 0 Å². The molecule has 0 unspecified atom stereocenters. The second-order valence-corrected chi connectivity index (χ2v) is 7.35. The minimum atomic E-state index is -10.7. The van der Waals surface area contributed by atoms with Crippen molar-refractivity contribution in [3.05, 3.63) is 114 Å². The van der Waals surface area contributed by atoms with E-state index in [-0.39, 0.29) is 0 Å². The molecule has 3 rings (SSSR count). The molecule has 0 amide bonds. The number of hydrogen-bond donors (Lipinski definition) is 0. The van der Waals surface area contributed by atoms with E-state index in [0.29, 0.717) is 0 Å². The Bertz CT molecular complexity index is 710. The van der Waals surface area contributed by atoms with Gasteiger partial charge < -0.3 is 0 Å². The Hall–Kier alpha value is -2.46. The topological polar surface area (TPSA) is 0 Å². The van der Waals surface area contributed by atoms with Crippen molar-refractivity contribution in [3.8, 4) is 0 Å². The predicted octanol–water partition coefficient (Wildman–Crippen LogP) is 8.09. The fraction of sp³-hybridized carbons (Fsp3) is 0. The molecule has 0 nitrogen and oxygen atoms in total. The number of hydrogen-bond acceptors (Lipinski definition) is 0. The monoisotopic (exact) mass is 388 g/mol. The van der Waals surface area contributed by atoms with Gasteiger partial charge in [0.2, 0.25) is 0 Å². The quantitative estimate of drug-likeness (QED) is 0.184. The van der Waals surface area contributed by atoms with Crippen molar-refractivity contribution < 1.29 is 25.2 Å². The number of benzene rings is 3. The molecule has 3 aromatic carbocycles. The minimum absolute atomic E-state index is 1.25. The predicted molar refractivity (Wildman–Crippen MR) is 93.4 cm³/mol. The second kappa shape index (κ2) is 6.69. The van der Waals surface area contributed by atoms with Crippen molar-refractivity contribution in [1.82, 2.24) is 0 Å². The van der Waals surface area contributed by atoms with Crippen LogP contribution in [0.4, 0.5) is 25.2 Å². The third-order valence-electron chi connectivity index (χ3n) is 3.19. The number of halogens is 6. The maximum atomic E-state index is 9.87. The molecule has 0 bridgehead atoms. The van der Waals surface area contributed by atoms with Gasteiger partial charge in [0.15, 0.2) is 0 Å². The van der Waals surface area contributed by atoms with Crippen molar-refractivity contribution in [3.63, 3.8) is 0 Å². The van der Waals surface area contributed by atoms with Crippen LogP contribution in [0.5, 0.6) is 0 Å². The average Bonchev–Trinajstić information content (AvgIpc) is 2.55. The summed E-state index contributed by atoms with van der Waals surface area (Å²) in [5, 5.41) is 0. The van der Waals surface area contributed by atoms with Crippen LogP contribution < -0.4 is 0 Å². The molecule has 138 valence electrons. The van der Waals surface area contributed by atoms with Crippen LogP contribution in [0.2, 0.25) is 0 Å². The summed E-state index contributed by atoms with van der Waals surface area (Å²) >= 11 is 0. The first-order chi connectivity index (χ1) is 11.9. The first-order valence-corrected chi connectivity index (χ1v) is 9.52. The molecule has 26 heavy (non-hydrogen) atoms. The summed E-state index contributed by atoms with van der Waals surface area (Å²) in [7, 11) is -10.7. The molecule has 0 radical (unpaired) electrons. The SMILES string of the molecule is F[P-](F)(F)(F)(F)F.c1ccc([C+](c2ccccc2)c2ccccc2)cc1. The molecule has 7 heteroatoms. The molecule has 0 aliphatic rings. The molecule has 0 spiro atoms. The van der Waals surface area contributed by atoms with Crippen LogP contribution in [0.15, 0.2) is 91.0 Å². The van der Waals surface area contributed by atoms with Gasteiger partial charge in [-0.05, 0) is 72.8 Å². The van der Waals surface area contributed by atoms with Gasteiger partial charge in [0.25, 0.3) is 0 Å². The van der Waals surface area contributed by atoms with E-state index in [1.54, 1.807) is 0 Å². The Kier molecular flexibility index (Phi) is 5.11. The van der Waals surface area contributed by atoms with E-state index in [2.05, 4.69) is 91.0 Å². The first kappa shape index (κ1) is 19.9. The summed E-state index contributed by atoms with van der Waals surface area (Å²) in [5.41, 5.74) is 3.75. The maximum absolute atomic E-state index is 10.7. The molecule has 0 fully saturated rings. The zero-order valence-corrected chi connectivity index (χ0v) is 14.3. The van der Waals surface area contributed by atoms with Gasteiger partial charge in [-0.15, -0.1) is 0 Å². The first-order valence-electron chi connectivity index (χ1n) is 7.50. The average molecular weight is 388 g/mol. The molecule has 3 aromatic rings. The molecule has 0 aliphatic carbocycles. The van der Waals surface area contributed by atoms with Crippen LogP contribution in [0.3, 0.4) is 0 Å². The fourth-order valence-electron chi connectivity index (χ4n) is 2.31. The summed E-state index contributed by atoms with van der Waals surface area (Å²) < 4.78 is 59.2. The fourth-order valence-corrected chi connectivity index (χ4v) is 2.31. The van der Waals surface area contributed by atoms with E-state index in [0.717, 1.165) is 0 Å². The largest absolute Gasteiger partial charge is 0.0631 e. The van der Waals surface area contributed by atoms with E-state index in [1.165, 1.54) is 22.6 Å². The van der Waals surface area contributed by atoms with Gasteiger partial charge >= 0.3 is 33.0 Å². The van der Waals surface area contributed by atoms with Crippen LogP contribution in [-0.2, 0) is 0 Å². The Balaban J connectivity index is 0.000000298. The Morgan fingerprint density at radius 2 is 0.615 bits per heavy atom. The zero-order chi connectivity index (χ0) is 19.3. The number of rotatable bonds is 3. The van der Waals surface area contributed by atoms with Gasteiger partial charge in [-0.2, -0.15) is 0 Å². The minimum Gasteiger partial charge on any atom is -0.0511 e. The molecular formula is C19H15F6P. The zero-order valence-electron chi connectivity index (χ0n) is 13.4. The van der Waals surface area contributed by atoms with Crippen LogP contribution >= 0.6 is 7.81 Å². The van der Waals surface area contributed by atoms with E-state index in [4.69, 9.17) is 0 Å². The summed E-state index contributed by atoms with van der Waals surface area (Å²) in [6, 6.07) is 31.6. The molecule has 0 aromatic heterocycles. The van der Waals surface area contributed by atoms with Gasteiger partial charge in [0, 0.05) is 0 Å². The Morgan fingerprint density at radius 3 is 0.808 bits per heavy atom. The van der Waals surface area contributed by atoms with Crippen molar-refractivity contribution in [1.29, 1.82) is 0 Å². The Labute approximate surface area is 147 Å². The summed E-state index contributed by atoms with van der Waals surface area (Å²) in [5.74, 6) is 1.28. The molecule has 0 heterocycles. The molecule has 0 saturated heterocycles. The van der Waals surface area contributed by atoms with Crippen LogP contribution in [-0.4, -0.2) is 0 Å². The molecule has 0 aliphatic heterocycles. The standard InChI is InChI=1S/C19H15.F6P/c1-4-10-16(11-5-1)19(17-12-6-2-7-13-17)18-14-8-3-9-15-18;1-7(2,3,4,5)6/h1-15H;/q+1;-1. The van der Waals surface area contributed by atoms with Crippen LogP contribution in [0.1, 0.15) is 16.7 Å². The summed E-state index contributed by atoms with van der Waals surface area (Å²) in [4.78, 5) is 0.